The van der Waals surface area contributed by atoms with Gasteiger partial charge in [0.15, 0.2) is 0 Å². The van der Waals surface area contributed by atoms with Crippen molar-refractivity contribution < 1.29 is 0 Å². The molecule has 0 saturated carbocycles. The van der Waals surface area contributed by atoms with Gasteiger partial charge in [0, 0.05) is 27.3 Å². The van der Waals surface area contributed by atoms with Gasteiger partial charge in [0.1, 0.15) is 0 Å². The summed E-state index contributed by atoms with van der Waals surface area (Å²) in [5.41, 5.74) is 23.3. The quantitative estimate of drug-likeness (QED) is 0.115. The number of fused-ring (bicyclic) bond motifs is 7. The molecule has 0 unspecified atom stereocenters. The summed E-state index contributed by atoms with van der Waals surface area (Å²) in [6.07, 6.45) is 9.65. The minimum Gasteiger partial charge on any atom is -0.355 e. The number of benzene rings is 7. The van der Waals surface area contributed by atoms with Crippen LogP contribution in [0, 0.1) is 13.8 Å². The molecule has 1 aliphatic heterocycles. The molecule has 0 radical (unpaired) electrons. The monoisotopic (exact) mass is 923 g/mol. The summed E-state index contributed by atoms with van der Waals surface area (Å²) in [7, 11) is 0.852. The first kappa shape index (κ1) is 45.8. The topological polar surface area (TPSA) is 15.3 Å². The van der Waals surface area contributed by atoms with Gasteiger partial charge in [0.2, 0.25) is 7.28 Å². The number of nitrogens with one attached hydrogen (secondary N) is 1. The second-order valence-electron chi connectivity index (χ2n) is 23.8. The molecule has 0 spiro atoms. The van der Waals surface area contributed by atoms with Crippen LogP contribution in [0.1, 0.15) is 146 Å². The molecule has 69 heavy (non-hydrogen) atoms. The van der Waals surface area contributed by atoms with Gasteiger partial charge in [-0.1, -0.05) is 148 Å². The van der Waals surface area contributed by atoms with E-state index in [0.717, 1.165) is 25.1 Å². The summed E-state index contributed by atoms with van der Waals surface area (Å²) >= 11 is 2.02. The molecule has 0 amide bonds. The number of unbranched alkanes of at least 4 members (excludes halogenated alkanes) is 2. The highest BCUT2D eigenvalue weighted by atomic mass is 32.1. The van der Waals surface area contributed by atoms with Gasteiger partial charge in [-0.3, -0.25) is 0 Å². The van der Waals surface area contributed by atoms with Crippen molar-refractivity contribution in [2.24, 2.45) is 0 Å². The largest absolute Gasteiger partial charge is 0.355 e. The van der Waals surface area contributed by atoms with Crippen molar-refractivity contribution in [2.45, 2.75) is 149 Å². The van der Waals surface area contributed by atoms with Crippen LogP contribution < -0.4 is 21.1 Å². The van der Waals surface area contributed by atoms with E-state index in [0.29, 0.717) is 0 Å². The molecule has 0 saturated heterocycles. The van der Waals surface area contributed by atoms with Crippen molar-refractivity contribution in [2.75, 3.05) is 10.2 Å². The lowest BCUT2D eigenvalue weighted by Gasteiger charge is -2.43. The number of rotatable bonds is 9. The van der Waals surface area contributed by atoms with Crippen molar-refractivity contribution >= 4 is 78.2 Å². The number of hydrogen-bond donors (Lipinski definition) is 1. The van der Waals surface area contributed by atoms with Gasteiger partial charge in [0.05, 0.1) is 10.7 Å². The molecular weight excluding hydrogens is 852 g/mol. The number of nitrogens with zero attached hydrogens (tertiary/aromatic N) is 1. The molecule has 8 aromatic rings. The highest BCUT2D eigenvalue weighted by molar-refractivity contribution is 7.25. The van der Waals surface area contributed by atoms with Gasteiger partial charge in [-0.15, -0.1) is 11.3 Å². The molecule has 2 aliphatic carbocycles. The molecular formula is C65H71BN2S. The molecule has 1 N–H and O–H groups in total. The minimum absolute atomic E-state index is 0.0660. The lowest BCUT2D eigenvalue weighted by Crippen LogP contribution is -2.41. The van der Waals surface area contributed by atoms with Crippen LogP contribution in [-0.4, -0.2) is 7.28 Å². The van der Waals surface area contributed by atoms with Gasteiger partial charge in [-0.2, -0.15) is 0 Å². The van der Waals surface area contributed by atoms with Gasteiger partial charge in [-0.05, 0) is 205 Å². The van der Waals surface area contributed by atoms with Crippen LogP contribution >= 0.6 is 11.3 Å². The third kappa shape index (κ3) is 7.85. The number of anilines is 5. The molecule has 3 aliphatic rings. The van der Waals surface area contributed by atoms with E-state index < -0.39 is 0 Å². The van der Waals surface area contributed by atoms with Crippen molar-refractivity contribution in [3.05, 3.63) is 160 Å². The summed E-state index contributed by atoms with van der Waals surface area (Å²) in [5.74, 6) is 0. The normalized spacial score (nSPS) is 17.2. The van der Waals surface area contributed by atoms with E-state index in [1.807, 2.05) is 11.3 Å². The van der Waals surface area contributed by atoms with E-state index >= 15 is 0 Å². The van der Waals surface area contributed by atoms with Crippen LogP contribution in [0.25, 0.3) is 43.1 Å². The molecule has 0 bridgehead atoms. The standard InChI is InChI=1S/C65H71BN2S/c1-12-13-14-20-42-24-27-45(28-25-42)67-54-29-26-43-21-16-18-23-47(43)58(54)49-35-44(46-22-17-15-19-40(46)2)36-56-59(49)66-60-48-37-51-53(65(10,11)33-31-63(51,6)7)39-57(48)69-61(60)68(56)55-38-52-50(34-41(55)3)62(4,5)30-32-64(52,8)9/h15-19,21-29,34-39,66-67H,12-14,20,30-33H2,1-11H3. The van der Waals surface area contributed by atoms with E-state index in [1.165, 1.54) is 154 Å². The first-order chi connectivity index (χ1) is 32.9. The van der Waals surface area contributed by atoms with Crippen molar-refractivity contribution in [3.63, 3.8) is 0 Å². The molecule has 2 heterocycles. The van der Waals surface area contributed by atoms with Crippen molar-refractivity contribution in [1.29, 1.82) is 0 Å². The highest BCUT2D eigenvalue weighted by Gasteiger charge is 2.41. The van der Waals surface area contributed by atoms with Gasteiger partial charge >= 0.3 is 0 Å². The van der Waals surface area contributed by atoms with E-state index in [9.17, 15) is 0 Å². The average Bonchev–Trinajstić information content (AvgIpc) is 3.69. The third-order valence-corrected chi connectivity index (χ3v) is 18.3. The van der Waals surface area contributed by atoms with E-state index in [-0.39, 0.29) is 21.7 Å². The van der Waals surface area contributed by atoms with Crippen LogP contribution in [0.5, 0.6) is 0 Å². The maximum Gasteiger partial charge on any atom is 0.200 e. The zero-order chi connectivity index (χ0) is 48.2. The molecule has 7 aromatic carbocycles. The predicted molar refractivity (Wildman–Crippen MR) is 304 cm³/mol. The van der Waals surface area contributed by atoms with Gasteiger partial charge in [0.25, 0.3) is 0 Å². The Bertz CT molecular complexity index is 3330. The Kier molecular flexibility index (Phi) is 11.2. The summed E-state index contributed by atoms with van der Waals surface area (Å²) in [6, 6.07) is 47.5. The Hall–Kier alpha value is -5.58. The minimum atomic E-state index is 0.0660. The molecule has 0 fully saturated rings. The Balaban J connectivity index is 1.22. The van der Waals surface area contributed by atoms with Gasteiger partial charge < -0.3 is 10.2 Å². The first-order valence-electron chi connectivity index (χ1n) is 26.1. The summed E-state index contributed by atoms with van der Waals surface area (Å²) in [6.45, 7) is 26.7. The van der Waals surface area contributed by atoms with Crippen LogP contribution in [0.4, 0.5) is 27.8 Å². The van der Waals surface area contributed by atoms with Crippen molar-refractivity contribution in [1.82, 2.24) is 0 Å². The number of hydrogen-bond acceptors (Lipinski definition) is 3. The second-order valence-corrected chi connectivity index (χ2v) is 24.9. The molecule has 350 valence electrons. The Labute approximate surface area is 417 Å². The summed E-state index contributed by atoms with van der Waals surface area (Å²) in [4.78, 5) is 2.74. The fraction of sp³-hybridized carbons (Fsp3) is 0.354. The molecule has 11 rings (SSSR count). The van der Waals surface area contributed by atoms with E-state index in [2.05, 4.69) is 208 Å². The molecule has 0 atom stereocenters. The van der Waals surface area contributed by atoms with E-state index in [1.54, 1.807) is 0 Å². The van der Waals surface area contributed by atoms with Crippen molar-refractivity contribution in [3.8, 4) is 22.3 Å². The number of aryl methyl sites for hydroxylation is 3. The lowest BCUT2D eigenvalue weighted by atomic mass is 9.57. The zero-order valence-electron chi connectivity index (χ0n) is 43.3. The third-order valence-electron chi connectivity index (χ3n) is 17.1. The average molecular weight is 923 g/mol. The molecule has 4 heteroatoms. The van der Waals surface area contributed by atoms with Crippen LogP contribution in [0.3, 0.4) is 0 Å². The molecule has 2 nitrogen and oxygen atoms in total. The molecule has 1 aromatic heterocycles. The smallest absolute Gasteiger partial charge is 0.200 e. The second kappa shape index (κ2) is 16.8. The lowest BCUT2D eigenvalue weighted by molar-refractivity contribution is 0.332. The Morgan fingerprint density at radius 3 is 1.90 bits per heavy atom. The first-order valence-corrected chi connectivity index (χ1v) is 26.9. The summed E-state index contributed by atoms with van der Waals surface area (Å²) in [5, 5.41) is 9.33. The van der Waals surface area contributed by atoms with Crippen LogP contribution in [0.15, 0.2) is 121 Å². The SMILES string of the molecule is CCCCCc1ccc(Nc2ccc3ccccc3c2-c2cc(-c3ccccc3C)cc3c2Bc2c(sc4cc5c(cc24)C(C)(C)CCC5(C)C)N3c2cc3c(cc2C)C(C)(C)CCC3(C)C)cc1. The summed E-state index contributed by atoms with van der Waals surface area (Å²) < 4.78 is 1.41. The fourth-order valence-electron chi connectivity index (χ4n) is 12.5. The highest BCUT2D eigenvalue weighted by Crippen LogP contribution is 2.54. The Morgan fingerprint density at radius 1 is 0.565 bits per heavy atom. The van der Waals surface area contributed by atoms with E-state index in [4.69, 9.17) is 0 Å². The maximum atomic E-state index is 4.02. The fourth-order valence-corrected chi connectivity index (χ4v) is 13.8. The Morgan fingerprint density at radius 2 is 1.20 bits per heavy atom. The van der Waals surface area contributed by atoms with Crippen LogP contribution in [0.2, 0.25) is 0 Å². The predicted octanol–water partition coefficient (Wildman–Crippen LogP) is 17.4. The number of thiophene rings is 1. The zero-order valence-corrected chi connectivity index (χ0v) is 44.1. The maximum absolute atomic E-state index is 4.02. The van der Waals surface area contributed by atoms with Gasteiger partial charge in [-0.25, -0.2) is 0 Å². The van der Waals surface area contributed by atoms with Crippen LogP contribution in [-0.2, 0) is 28.1 Å².